The van der Waals surface area contributed by atoms with Crippen LogP contribution in [-0.4, -0.2) is 34.5 Å². The molecule has 0 radical (unpaired) electrons. The minimum atomic E-state index is -1.07. The van der Waals surface area contributed by atoms with Crippen molar-refractivity contribution >= 4 is 11.9 Å². The molecule has 5 nitrogen and oxygen atoms in total. The number of carboxylic acid groups (broad SMARTS) is 1. The summed E-state index contributed by atoms with van der Waals surface area (Å²) < 4.78 is 5.11. The zero-order valence-electron chi connectivity index (χ0n) is 10.7. The summed E-state index contributed by atoms with van der Waals surface area (Å²) in [6.45, 7) is 0.753. The van der Waals surface area contributed by atoms with Crippen LogP contribution >= 0.6 is 0 Å². The number of aromatic carboxylic acids is 1. The molecule has 102 valence electrons. The zero-order chi connectivity index (χ0) is 13.4. The highest BCUT2D eigenvalue weighted by Gasteiger charge is 2.38. The highest BCUT2D eigenvalue weighted by atomic mass is 16.4. The summed E-state index contributed by atoms with van der Waals surface area (Å²) in [4.78, 5) is 25.0. The maximum Gasteiger partial charge on any atom is 0.338 e. The van der Waals surface area contributed by atoms with Crippen LogP contribution in [0.5, 0.6) is 0 Å². The molecule has 19 heavy (non-hydrogen) atoms. The van der Waals surface area contributed by atoms with Crippen LogP contribution in [0.1, 0.15) is 53.0 Å². The van der Waals surface area contributed by atoms with E-state index in [1.165, 1.54) is 25.3 Å². The molecule has 1 aliphatic carbocycles. The van der Waals surface area contributed by atoms with Crippen LogP contribution in [0, 0.1) is 5.92 Å². The van der Waals surface area contributed by atoms with Crippen LogP contribution in [0.2, 0.25) is 0 Å². The van der Waals surface area contributed by atoms with Crippen molar-refractivity contribution in [1.29, 1.82) is 0 Å². The molecule has 2 heterocycles. The van der Waals surface area contributed by atoms with E-state index in [1.807, 2.05) is 4.90 Å². The van der Waals surface area contributed by atoms with Gasteiger partial charge >= 0.3 is 5.97 Å². The van der Waals surface area contributed by atoms with Crippen LogP contribution in [0.15, 0.2) is 16.7 Å². The number of nitrogens with zero attached hydrogens (tertiary/aromatic N) is 1. The molecule has 0 aromatic carbocycles. The smallest absolute Gasteiger partial charge is 0.338 e. The number of rotatable bonds is 3. The first-order chi connectivity index (χ1) is 9.16. The number of amides is 1. The van der Waals surface area contributed by atoms with Crippen molar-refractivity contribution in [1.82, 2.24) is 4.90 Å². The molecule has 2 fully saturated rings. The summed E-state index contributed by atoms with van der Waals surface area (Å²) in [6, 6.07) is 1.64. The molecule has 1 unspecified atom stereocenters. The van der Waals surface area contributed by atoms with Crippen LogP contribution in [0.4, 0.5) is 0 Å². The zero-order valence-corrected chi connectivity index (χ0v) is 10.7. The Morgan fingerprint density at radius 3 is 2.63 bits per heavy atom. The van der Waals surface area contributed by atoms with E-state index in [4.69, 9.17) is 9.52 Å². The van der Waals surface area contributed by atoms with Gasteiger partial charge in [-0.1, -0.05) is 6.42 Å². The van der Waals surface area contributed by atoms with Gasteiger partial charge in [-0.25, -0.2) is 4.79 Å². The van der Waals surface area contributed by atoms with Gasteiger partial charge < -0.3 is 14.4 Å². The molecule has 2 aliphatic rings. The largest absolute Gasteiger partial charge is 0.478 e. The second-order valence-corrected chi connectivity index (χ2v) is 5.40. The van der Waals surface area contributed by atoms with Crippen LogP contribution < -0.4 is 0 Å². The molecule has 1 saturated carbocycles. The lowest BCUT2D eigenvalue weighted by atomic mass is 9.79. The standard InChI is InChI=1S/C14H17NO4/c16-13(12-7-10(8-19-12)14(17)18)15-6-2-5-11(15)9-3-1-4-9/h7-9,11H,1-6H2,(H,17,18). The molecule has 1 aromatic rings. The topological polar surface area (TPSA) is 70.7 Å². The SMILES string of the molecule is O=C(O)c1coc(C(=O)N2CCCC2C2CCC2)c1. The van der Waals surface area contributed by atoms with Crippen LogP contribution in [-0.2, 0) is 0 Å². The average molecular weight is 263 g/mol. The number of furan rings is 1. The summed E-state index contributed by atoms with van der Waals surface area (Å²) in [6.07, 6.45) is 6.87. The van der Waals surface area contributed by atoms with E-state index < -0.39 is 5.97 Å². The van der Waals surface area contributed by atoms with Gasteiger partial charge in [-0.2, -0.15) is 0 Å². The van der Waals surface area contributed by atoms with E-state index in [-0.39, 0.29) is 17.2 Å². The lowest BCUT2D eigenvalue weighted by molar-refractivity contribution is 0.0594. The average Bonchev–Trinajstić information content (AvgIpc) is 2.94. The number of likely N-dealkylation sites (tertiary alicyclic amines) is 1. The molecule has 1 saturated heterocycles. The first-order valence-corrected chi connectivity index (χ1v) is 6.79. The first kappa shape index (κ1) is 12.3. The highest BCUT2D eigenvalue weighted by Crippen LogP contribution is 2.37. The Labute approximate surface area is 111 Å². The summed E-state index contributed by atoms with van der Waals surface area (Å²) >= 11 is 0. The monoisotopic (exact) mass is 263 g/mol. The van der Waals surface area contributed by atoms with Crippen molar-refractivity contribution in [2.24, 2.45) is 5.92 Å². The molecule has 1 N–H and O–H groups in total. The minimum Gasteiger partial charge on any atom is -0.478 e. The summed E-state index contributed by atoms with van der Waals surface area (Å²) in [5.74, 6) is -0.467. The molecule has 1 aliphatic heterocycles. The molecule has 5 heteroatoms. The fraction of sp³-hybridized carbons (Fsp3) is 0.571. The van der Waals surface area contributed by atoms with E-state index in [0.29, 0.717) is 12.0 Å². The van der Waals surface area contributed by atoms with Gasteiger partial charge in [0.05, 0.1) is 5.56 Å². The van der Waals surface area contributed by atoms with E-state index in [9.17, 15) is 9.59 Å². The van der Waals surface area contributed by atoms with Gasteiger partial charge in [0.25, 0.3) is 5.91 Å². The van der Waals surface area contributed by atoms with Crippen molar-refractivity contribution in [3.63, 3.8) is 0 Å². The fourth-order valence-electron chi connectivity index (χ4n) is 3.06. The van der Waals surface area contributed by atoms with Gasteiger partial charge in [0.1, 0.15) is 6.26 Å². The van der Waals surface area contributed by atoms with E-state index in [0.717, 1.165) is 25.6 Å². The first-order valence-electron chi connectivity index (χ1n) is 6.79. The normalized spacial score (nSPS) is 23.4. The molecule has 1 amide bonds. The molecule has 0 spiro atoms. The van der Waals surface area contributed by atoms with Gasteiger partial charge in [0, 0.05) is 18.7 Å². The number of hydrogen-bond donors (Lipinski definition) is 1. The number of carbonyl (C=O) groups excluding carboxylic acids is 1. The van der Waals surface area contributed by atoms with Gasteiger partial charge in [-0.15, -0.1) is 0 Å². The third-order valence-electron chi connectivity index (χ3n) is 4.31. The molecule has 3 rings (SSSR count). The Morgan fingerprint density at radius 1 is 1.26 bits per heavy atom. The Bertz CT molecular complexity index is 503. The Morgan fingerprint density at radius 2 is 2.05 bits per heavy atom. The predicted octanol–water partition coefficient (Wildman–Crippen LogP) is 2.38. The Hall–Kier alpha value is -1.78. The third kappa shape index (κ3) is 2.13. The number of hydrogen-bond acceptors (Lipinski definition) is 3. The fourth-order valence-corrected chi connectivity index (χ4v) is 3.06. The molecular weight excluding hydrogens is 246 g/mol. The Balaban J connectivity index is 1.76. The summed E-state index contributed by atoms with van der Waals surface area (Å²) in [7, 11) is 0. The van der Waals surface area contributed by atoms with Gasteiger partial charge in [0.2, 0.25) is 0 Å². The van der Waals surface area contributed by atoms with Gasteiger partial charge in [-0.05, 0) is 31.6 Å². The molecule has 1 atom stereocenters. The maximum absolute atomic E-state index is 12.4. The lowest BCUT2D eigenvalue weighted by Gasteiger charge is -2.36. The van der Waals surface area contributed by atoms with E-state index in [2.05, 4.69) is 0 Å². The lowest BCUT2D eigenvalue weighted by Crippen LogP contribution is -2.42. The molecular formula is C14H17NO4. The molecule has 1 aromatic heterocycles. The van der Waals surface area contributed by atoms with Crippen molar-refractivity contribution in [3.05, 3.63) is 23.7 Å². The van der Waals surface area contributed by atoms with E-state index in [1.54, 1.807) is 0 Å². The van der Waals surface area contributed by atoms with Crippen molar-refractivity contribution < 1.29 is 19.1 Å². The second kappa shape index (κ2) is 4.72. The summed E-state index contributed by atoms with van der Waals surface area (Å²) in [5.41, 5.74) is 0.0303. The van der Waals surface area contributed by atoms with E-state index >= 15 is 0 Å². The van der Waals surface area contributed by atoms with Crippen molar-refractivity contribution in [2.45, 2.75) is 38.1 Å². The van der Waals surface area contributed by atoms with Crippen molar-refractivity contribution in [2.75, 3.05) is 6.54 Å². The van der Waals surface area contributed by atoms with Crippen LogP contribution in [0.3, 0.4) is 0 Å². The number of carbonyl (C=O) groups is 2. The van der Waals surface area contributed by atoms with Gasteiger partial charge in [0.15, 0.2) is 5.76 Å². The highest BCUT2D eigenvalue weighted by molar-refractivity contribution is 5.95. The minimum absolute atomic E-state index is 0.0303. The van der Waals surface area contributed by atoms with Crippen molar-refractivity contribution in [3.8, 4) is 0 Å². The Kier molecular flexibility index (Phi) is 3.05. The predicted molar refractivity (Wildman–Crippen MR) is 67.1 cm³/mol. The quantitative estimate of drug-likeness (QED) is 0.908. The van der Waals surface area contributed by atoms with Crippen LogP contribution in [0.25, 0.3) is 0 Å². The third-order valence-corrected chi connectivity index (χ3v) is 4.31. The number of carboxylic acids is 1. The summed E-state index contributed by atoms with van der Waals surface area (Å²) in [5, 5.41) is 8.85. The maximum atomic E-state index is 12.4. The second-order valence-electron chi connectivity index (χ2n) is 5.40. The molecule has 0 bridgehead atoms. The van der Waals surface area contributed by atoms with Gasteiger partial charge in [-0.3, -0.25) is 4.79 Å².